The fourth-order valence-electron chi connectivity index (χ4n) is 2.65. The first-order valence-corrected chi connectivity index (χ1v) is 12.2. The lowest BCUT2D eigenvalue weighted by Crippen LogP contribution is -2.62. The van der Waals surface area contributed by atoms with Crippen molar-refractivity contribution < 1.29 is 38.2 Å². The zero-order chi connectivity index (χ0) is 30.2. The monoisotopic (exact) mass is 544 g/mol. The number of ether oxygens (including phenoxy) is 2. The summed E-state index contributed by atoms with van der Waals surface area (Å²) in [6.07, 6.45) is 0. The zero-order valence-electron chi connectivity index (χ0n) is 23.9. The third kappa shape index (κ3) is 12.8. The lowest BCUT2D eigenvalue weighted by Gasteiger charge is -2.25. The Bertz CT molecular complexity index is 823. The fraction of sp³-hybridized carbons (Fsp3) is 0.750. The molecule has 0 aromatic carbocycles. The summed E-state index contributed by atoms with van der Waals surface area (Å²) < 4.78 is 10.4. The van der Waals surface area contributed by atoms with Crippen LogP contribution in [0.25, 0.3) is 0 Å². The molecule has 6 atom stereocenters. The number of rotatable bonds is 11. The predicted molar refractivity (Wildman–Crippen MR) is 138 cm³/mol. The number of nitrogens with one attached hydrogen (secondary N) is 4. The molecule has 0 spiro atoms. The average molecular weight is 545 g/mol. The van der Waals surface area contributed by atoms with Crippen LogP contribution in [0.1, 0.15) is 69.2 Å². The van der Waals surface area contributed by atoms with Gasteiger partial charge in [-0.05, 0) is 69.2 Å². The van der Waals surface area contributed by atoms with Crippen LogP contribution < -0.4 is 32.7 Å². The Morgan fingerprint density at radius 2 is 0.737 bits per heavy atom. The molecule has 8 N–H and O–H groups in total. The maximum absolute atomic E-state index is 12.5. The minimum Gasteiger partial charge on any atom is -0.458 e. The molecule has 0 aromatic rings. The highest BCUT2D eigenvalue weighted by Gasteiger charge is 2.32. The molecule has 38 heavy (non-hydrogen) atoms. The zero-order valence-corrected chi connectivity index (χ0v) is 23.9. The van der Waals surface area contributed by atoms with Crippen molar-refractivity contribution in [3.05, 3.63) is 0 Å². The van der Waals surface area contributed by atoms with E-state index in [4.69, 9.17) is 20.9 Å². The van der Waals surface area contributed by atoms with Crippen LogP contribution >= 0.6 is 0 Å². The second kappa shape index (κ2) is 14.0. The Morgan fingerprint density at radius 3 is 0.974 bits per heavy atom. The van der Waals surface area contributed by atoms with E-state index in [1.165, 1.54) is 27.7 Å². The molecule has 14 nitrogen and oxygen atoms in total. The molecule has 14 heteroatoms. The number of carbonyl (C=O) groups excluding carboxylic acids is 6. The van der Waals surface area contributed by atoms with Crippen molar-refractivity contribution in [2.75, 3.05) is 0 Å². The molecule has 0 rings (SSSR count). The van der Waals surface area contributed by atoms with Gasteiger partial charge in [0.1, 0.15) is 47.5 Å². The summed E-state index contributed by atoms with van der Waals surface area (Å²) >= 11 is 0. The Balaban J connectivity index is 4.87. The largest absolute Gasteiger partial charge is 0.458 e. The number of carbonyl (C=O) groups is 6. The molecular weight excluding hydrogens is 500 g/mol. The van der Waals surface area contributed by atoms with Crippen LogP contribution in [-0.4, -0.2) is 83.0 Å². The average Bonchev–Trinajstić information content (AvgIpc) is 2.74. The van der Waals surface area contributed by atoms with Gasteiger partial charge in [-0.1, -0.05) is 0 Å². The van der Waals surface area contributed by atoms with E-state index < -0.39 is 83.0 Å². The molecule has 0 aliphatic carbocycles. The van der Waals surface area contributed by atoms with Gasteiger partial charge in [-0.25, -0.2) is 9.59 Å². The summed E-state index contributed by atoms with van der Waals surface area (Å²) in [5.74, 6) is -4.50. The molecule has 218 valence electrons. The summed E-state index contributed by atoms with van der Waals surface area (Å²) in [5, 5.41) is 9.48. The van der Waals surface area contributed by atoms with Gasteiger partial charge in [0.25, 0.3) is 0 Å². The van der Waals surface area contributed by atoms with Gasteiger partial charge in [0.15, 0.2) is 0 Å². The van der Waals surface area contributed by atoms with E-state index >= 15 is 0 Å². The molecule has 0 aliphatic rings. The van der Waals surface area contributed by atoms with E-state index in [9.17, 15) is 28.8 Å². The first-order valence-electron chi connectivity index (χ1n) is 12.2. The minimum absolute atomic E-state index is 0.654. The highest BCUT2D eigenvalue weighted by atomic mass is 16.6. The third-order valence-electron chi connectivity index (χ3n) is 4.73. The number of hydrogen-bond acceptors (Lipinski definition) is 10. The van der Waals surface area contributed by atoms with Gasteiger partial charge >= 0.3 is 11.9 Å². The minimum atomic E-state index is -1.57. The van der Waals surface area contributed by atoms with Gasteiger partial charge in [0, 0.05) is 0 Å². The SMILES string of the molecule is C[C@H](NC(=O)[C@@H](N)[C@H](N)C(=O)N[C@@H](C)C(=O)N[C@@H](C)C(=O)OC(C)(C)C)C(=O)N[C@@H](C)C(=O)OC(C)(C)C. The Kier molecular flexibility index (Phi) is 12.8. The highest BCUT2D eigenvalue weighted by molar-refractivity contribution is 5.97. The summed E-state index contributed by atoms with van der Waals surface area (Å²) in [7, 11) is 0. The number of nitrogens with two attached hydrogens (primary N) is 2. The molecule has 0 saturated carbocycles. The van der Waals surface area contributed by atoms with E-state index in [0.29, 0.717) is 0 Å². The lowest BCUT2D eigenvalue weighted by atomic mass is 10.1. The second-order valence-corrected chi connectivity index (χ2v) is 11.0. The maximum Gasteiger partial charge on any atom is 0.328 e. The standard InChI is InChI=1S/C24H44N6O8/c1-11(17(31)29-13(3)21(35)37-23(5,6)7)27-19(33)15(25)16(26)20(34)28-12(2)18(32)30-14(4)22(36)38-24(8,9)10/h11-16H,25-26H2,1-10H3,(H,27,33)(H,28,34)(H,29,31)(H,30,32)/t11-,12-,13-,14-,15-,16-/m0/s1. The van der Waals surface area contributed by atoms with Crippen LogP contribution in [0.3, 0.4) is 0 Å². The second-order valence-electron chi connectivity index (χ2n) is 11.0. The summed E-state index contributed by atoms with van der Waals surface area (Å²) in [4.78, 5) is 73.7. The molecule has 0 saturated heterocycles. The van der Waals surface area contributed by atoms with E-state index in [-0.39, 0.29) is 0 Å². The summed E-state index contributed by atoms with van der Waals surface area (Å²) in [6, 6.07) is -7.32. The highest BCUT2D eigenvalue weighted by Crippen LogP contribution is 2.09. The normalized spacial score (nSPS) is 16.4. The molecule has 0 fully saturated rings. The first kappa shape index (κ1) is 34.7. The molecular formula is C24H44N6O8. The molecule has 0 aliphatic heterocycles. The summed E-state index contributed by atoms with van der Waals surface area (Å²) in [5.41, 5.74) is 10.1. The van der Waals surface area contributed by atoms with Crippen LogP contribution in [0.2, 0.25) is 0 Å². The van der Waals surface area contributed by atoms with Crippen molar-refractivity contribution in [1.29, 1.82) is 0 Å². The van der Waals surface area contributed by atoms with Gasteiger partial charge in [-0.15, -0.1) is 0 Å². The number of esters is 2. The number of amides is 4. The van der Waals surface area contributed by atoms with E-state index in [0.717, 1.165) is 0 Å². The summed E-state index contributed by atoms with van der Waals surface area (Å²) in [6.45, 7) is 15.7. The van der Waals surface area contributed by atoms with Crippen molar-refractivity contribution in [3.8, 4) is 0 Å². The van der Waals surface area contributed by atoms with Crippen LogP contribution in [0.5, 0.6) is 0 Å². The van der Waals surface area contributed by atoms with Gasteiger partial charge < -0.3 is 42.2 Å². The van der Waals surface area contributed by atoms with E-state index in [1.807, 2.05) is 0 Å². The van der Waals surface area contributed by atoms with Crippen LogP contribution in [-0.2, 0) is 38.2 Å². The van der Waals surface area contributed by atoms with Crippen molar-refractivity contribution in [2.45, 2.75) is 117 Å². The predicted octanol–water partition coefficient (Wildman–Crippen LogP) is -1.66. The molecule has 0 aromatic heterocycles. The van der Waals surface area contributed by atoms with Crippen LogP contribution in [0.15, 0.2) is 0 Å². The molecule has 0 heterocycles. The molecule has 0 radical (unpaired) electrons. The first-order chi connectivity index (χ1) is 17.1. The molecule has 4 amide bonds. The van der Waals surface area contributed by atoms with Gasteiger partial charge in [-0.2, -0.15) is 0 Å². The van der Waals surface area contributed by atoms with Crippen molar-refractivity contribution in [1.82, 2.24) is 21.3 Å². The Morgan fingerprint density at radius 1 is 0.500 bits per heavy atom. The topological polar surface area (TPSA) is 221 Å². The fourth-order valence-corrected chi connectivity index (χ4v) is 2.65. The van der Waals surface area contributed by atoms with Crippen molar-refractivity contribution in [3.63, 3.8) is 0 Å². The third-order valence-corrected chi connectivity index (χ3v) is 4.73. The smallest absolute Gasteiger partial charge is 0.328 e. The molecule has 0 bridgehead atoms. The Labute approximate surface area is 223 Å². The number of hydrogen-bond donors (Lipinski definition) is 6. The maximum atomic E-state index is 12.5. The Hall–Kier alpha value is -3.26. The van der Waals surface area contributed by atoms with Gasteiger partial charge in [-0.3, -0.25) is 19.2 Å². The quantitative estimate of drug-likeness (QED) is 0.163. The van der Waals surface area contributed by atoms with E-state index in [1.54, 1.807) is 41.5 Å². The van der Waals surface area contributed by atoms with Crippen molar-refractivity contribution >= 4 is 35.6 Å². The lowest BCUT2D eigenvalue weighted by molar-refractivity contribution is -0.158. The van der Waals surface area contributed by atoms with Crippen molar-refractivity contribution in [2.24, 2.45) is 11.5 Å². The molecule has 0 unspecified atom stereocenters. The van der Waals surface area contributed by atoms with E-state index in [2.05, 4.69) is 21.3 Å². The van der Waals surface area contributed by atoms with Gasteiger partial charge in [0.05, 0.1) is 0 Å². The van der Waals surface area contributed by atoms with Crippen LogP contribution in [0.4, 0.5) is 0 Å². The van der Waals surface area contributed by atoms with Gasteiger partial charge in [0.2, 0.25) is 23.6 Å². The van der Waals surface area contributed by atoms with Crippen LogP contribution in [0, 0.1) is 0 Å².